The fourth-order valence-electron chi connectivity index (χ4n) is 4.79. The molecular formula is C28H29N5O2. The van der Waals surface area contributed by atoms with Gasteiger partial charge in [-0.1, -0.05) is 36.4 Å². The fourth-order valence-corrected chi connectivity index (χ4v) is 4.79. The van der Waals surface area contributed by atoms with Gasteiger partial charge in [0, 0.05) is 63.6 Å². The van der Waals surface area contributed by atoms with Gasteiger partial charge in [0.1, 0.15) is 5.75 Å². The number of para-hydroxylation sites is 1. The van der Waals surface area contributed by atoms with Crippen LogP contribution in [0.1, 0.15) is 18.1 Å². The van der Waals surface area contributed by atoms with Crippen LogP contribution in [0.3, 0.4) is 0 Å². The molecule has 1 aliphatic rings. The molecule has 2 aromatic heterocycles. The number of nitrogens with zero attached hydrogens (tertiary/aromatic N) is 5. The van der Waals surface area contributed by atoms with Crippen LogP contribution in [0.25, 0.3) is 10.9 Å². The SMILES string of the molecule is CC(=O)N1CCN(Cc2cccc(Oc3ncccn3)c2)C[C@H](Cc2cccc3cccnc23)C1. The van der Waals surface area contributed by atoms with Crippen molar-refractivity contribution in [3.63, 3.8) is 0 Å². The maximum Gasteiger partial charge on any atom is 0.321 e. The van der Waals surface area contributed by atoms with Gasteiger partial charge in [-0.3, -0.25) is 14.7 Å². The number of carbonyl (C=O) groups excluding carboxylic acids is 1. The van der Waals surface area contributed by atoms with E-state index in [0.717, 1.165) is 55.6 Å². The highest BCUT2D eigenvalue weighted by atomic mass is 16.5. The highest BCUT2D eigenvalue weighted by molar-refractivity contribution is 5.81. The summed E-state index contributed by atoms with van der Waals surface area (Å²) in [4.78, 5) is 29.6. The van der Waals surface area contributed by atoms with Crippen LogP contribution in [-0.2, 0) is 17.8 Å². The molecule has 0 aliphatic carbocycles. The summed E-state index contributed by atoms with van der Waals surface area (Å²) in [6, 6.07) is 20.6. The first kappa shape index (κ1) is 22.9. The van der Waals surface area contributed by atoms with E-state index in [1.165, 1.54) is 5.56 Å². The number of pyridine rings is 1. The Hall–Kier alpha value is -3.84. The first-order valence-electron chi connectivity index (χ1n) is 12.0. The zero-order valence-corrected chi connectivity index (χ0v) is 19.9. The first-order valence-corrected chi connectivity index (χ1v) is 12.0. The van der Waals surface area contributed by atoms with Gasteiger partial charge >= 0.3 is 6.01 Å². The Morgan fingerprint density at radius 2 is 1.74 bits per heavy atom. The van der Waals surface area contributed by atoms with Crippen LogP contribution >= 0.6 is 0 Å². The summed E-state index contributed by atoms with van der Waals surface area (Å²) in [7, 11) is 0. The minimum absolute atomic E-state index is 0.131. The molecule has 0 spiro atoms. The van der Waals surface area contributed by atoms with E-state index in [1.807, 2.05) is 35.4 Å². The van der Waals surface area contributed by atoms with Crippen molar-refractivity contribution in [1.82, 2.24) is 24.8 Å². The highest BCUT2D eigenvalue weighted by Gasteiger charge is 2.25. The Morgan fingerprint density at radius 3 is 2.60 bits per heavy atom. The molecule has 2 aromatic carbocycles. The van der Waals surface area contributed by atoms with Crippen molar-refractivity contribution in [2.45, 2.75) is 19.9 Å². The van der Waals surface area contributed by atoms with Gasteiger partial charge in [-0.2, -0.15) is 0 Å². The van der Waals surface area contributed by atoms with Crippen LogP contribution in [0.4, 0.5) is 0 Å². The van der Waals surface area contributed by atoms with Crippen molar-refractivity contribution in [2.75, 3.05) is 26.2 Å². The van der Waals surface area contributed by atoms with Crippen molar-refractivity contribution in [2.24, 2.45) is 5.92 Å². The molecule has 1 saturated heterocycles. The van der Waals surface area contributed by atoms with Gasteiger partial charge in [0.2, 0.25) is 5.91 Å². The second-order valence-electron chi connectivity index (χ2n) is 9.04. The van der Waals surface area contributed by atoms with Gasteiger partial charge in [-0.05, 0) is 47.7 Å². The Bertz CT molecular complexity index is 1290. The van der Waals surface area contributed by atoms with Crippen LogP contribution in [-0.4, -0.2) is 56.8 Å². The molecule has 1 amide bonds. The van der Waals surface area contributed by atoms with Crippen LogP contribution in [0, 0.1) is 5.92 Å². The summed E-state index contributed by atoms with van der Waals surface area (Å²) in [6.07, 6.45) is 6.05. The standard InChI is InChI=1S/C28H29N5O2/c1-21(34)33-15-14-32(18-22-6-2-10-26(17-22)35-28-30-12-5-13-31-28)19-23(20-33)16-25-8-3-7-24-9-4-11-29-27(24)25/h2-13,17,23H,14-16,18-20H2,1H3/t23-/m0/s1. The lowest BCUT2D eigenvalue weighted by atomic mass is 9.96. The van der Waals surface area contributed by atoms with Crippen molar-refractivity contribution in [1.29, 1.82) is 0 Å². The number of hydrogen-bond donors (Lipinski definition) is 0. The van der Waals surface area contributed by atoms with E-state index in [9.17, 15) is 4.79 Å². The molecule has 35 heavy (non-hydrogen) atoms. The maximum atomic E-state index is 12.3. The number of rotatable bonds is 6. The Labute approximate surface area is 205 Å². The van der Waals surface area contributed by atoms with E-state index >= 15 is 0 Å². The van der Waals surface area contributed by atoms with Gasteiger partial charge in [-0.15, -0.1) is 0 Å². The van der Waals surface area contributed by atoms with Crippen molar-refractivity contribution >= 4 is 16.8 Å². The topological polar surface area (TPSA) is 71.5 Å². The third-order valence-corrected chi connectivity index (χ3v) is 6.41. The molecule has 7 nitrogen and oxygen atoms in total. The van der Waals surface area contributed by atoms with Gasteiger partial charge in [0.25, 0.3) is 0 Å². The summed E-state index contributed by atoms with van der Waals surface area (Å²) < 4.78 is 5.82. The van der Waals surface area contributed by atoms with E-state index in [1.54, 1.807) is 25.4 Å². The number of fused-ring (bicyclic) bond motifs is 1. The van der Waals surface area contributed by atoms with E-state index in [2.05, 4.69) is 50.2 Å². The second-order valence-corrected chi connectivity index (χ2v) is 9.04. The average Bonchev–Trinajstić information content (AvgIpc) is 3.07. The molecule has 0 unspecified atom stereocenters. The molecule has 1 atom stereocenters. The molecular weight excluding hydrogens is 438 g/mol. The molecule has 7 heteroatoms. The van der Waals surface area contributed by atoms with E-state index in [4.69, 9.17) is 4.74 Å². The predicted octanol–water partition coefficient (Wildman–Crippen LogP) is 4.34. The molecule has 0 N–H and O–H groups in total. The Kier molecular flexibility index (Phi) is 6.95. The molecule has 0 saturated carbocycles. The van der Waals surface area contributed by atoms with Crippen LogP contribution < -0.4 is 4.74 Å². The van der Waals surface area contributed by atoms with Gasteiger partial charge < -0.3 is 9.64 Å². The average molecular weight is 468 g/mol. The molecule has 3 heterocycles. The van der Waals surface area contributed by atoms with Gasteiger partial charge in [0.15, 0.2) is 0 Å². The molecule has 5 rings (SSSR count). The van der Waals surface area contributed by atoms with Crippen LogP contribution in [0.2, 0.25) is 0 Å². The summed E-state index contributed by atoms with van der Waals surface area (Å²) in [5, 5.41) is 1.15. The number of aromatic nitrogens is 3. The summed E-state index contributed by atoms with van der Waals surface area (Å²) in [6.45, 7) is 5.66. The second kappa shape index (κ2) is 10.6. The van der Waals surface area contributed by atoms with Crippen LogP contribution in [0.5, 0.6) is 11.8 Å². The van der Waals surface area contributed by atoms with Crippen LogP contribution in [0.15, 0.2) is 79.3 Å². The smallest absolute Gasteiger partial charge is 0.321 e. The lowest BCUT2D eigenvalue weighted by Crippen LogP contribution is -2.34. The predicted molar refractivity (Wildman–Crippen MR) is 135 cm³/mol. The molecule has 1 aliphatic heterocycles. The summed E-state index contributed by atoms with van der Waals surface area (Å²) in [5.74, 6) is 1.16. The van der Waals surface area contributed by atoms with E-state index in [-0.39, 0.29) is 5.91 Å². The number of amides is 1. The third kappa shape index (κ3) is 5.81. The lowest BCUT2D eigenvalue weighted by Gasteiger charge is -2.25. The molecule has 0 radical (unpaired) electrons. The van der Waals surface area contributed by atoms with Crippen molar-refractivity contribution < 1.29 is 9.53 Å². The maximum absolute atomic E-state index is 12.3. The zero-order chi connectivity index (χ0) is 24.0. The number of carbonyl (C=O) groups is 1. The molecule has 0 bridgehead atoms. The van der Waals surface area contributed by atoms with E-state index in [0.29, 0.717) is 17.7 Å². The number of ether oxygens (including phenoxy) is 1. The van der Waals surface area contributed by atoms with E-state index < -0.39 is 0 Å². The fraction of sp³-hybridized carbons (Fsp3) is 0.286. The lowest BCUT2D eigenvalue weighted by molar-refractivity contribution is -0.129. The molecule has 178 valence electrons. The quantitative estimate of drug-likeness (QED) is 0.420. The molecule has 1 fully saturated rings. The minimum atomic E-state index is 0.131. The largest absolute Gasteiger partial charge is 0.424 e. The zero-order valence-electron chi connectivity index (χ0n) is 19.9. The highest BCUT2D eigenvalue weighted by Crippen LogP contribution is 2.24. The Morgan fingerprint density at radius 1 is 0.943 bits per heavy atom. The van der Waals surface area contributed by atoms with Gasteiger partial charge in [-0.25, -0.2) is 9.97 Å². The Balaban J connectivity index is 1.33. The number of hydrogen-bond acceptors (Lipinski definition) is 6. The normalized spacial score (nSPS) is 16.7. The first-order chi connectivity index (χ1) is 17.1. The third-order valence-electron chi connectivity index (χ3n) is 6.41. The van der Waals surface area contributed by atoms with Crippen molar-refractivity contribution in [3.05, 3.63) is 90.4 Å². The van der Waals surface area contributed by atoms with Crippen molar-refractivity contribution in [3.8, 4) is 11.8 Å². The summed E-state index contributed by atoms with van der Waals surface area (Å²) in [5.41, 5.74) is 3.44. The number of benzene rings is 2. The monoisotopic (exact) mass is 467 g/mol. The molecule has 4 aromatic rings. The minimum Gasteiger partial charge on any atom is -0.424 e. The summed E-state index contributed by atoms with van der Waals surface area (Å²) >= 11 is 0. The van der Waals surface area contributed by atoms with Gasteiger partial charge in [0.05, 0.1) is 5.52 Å².